The molecule has 0 aliphatic heterocycles. The second kappa shape index (κ2) is 8.36. The number of thiophene rings is 1. The molecule has 3 rings (SSSR count). The van der Waals surface area contributed by atoms with E-state index in [0.29, 0.717) is 5.69 Å². The standard InChI is InChI=1S/C22H21NO5S/c1-13(2)23(20(25)16-10-9-14(3)11-18(16)24)17-12-19(15-7-5-4-6-8-15)29-21(17)28-22(26)27/h4-13,24H,1-3H3,(H,26,27). The van der Waals surface area contributed by atoms with Gasteiger partial charge in [-0.2, -0.15) is 0 Å². The van der Waals surface area contributed by atoms with Crippen molar-refractivity contribution in [2.75, 3.05) is 4.90 Å². The van der Waals surface area contributed by atoms with Crippen LogP contribution in [0.5, 0.6) is 10.8 Å². The van der Waals surface area contributed by atoms with Gasteiger partial charge in [-0.05, 0) is 50.1 Å². The zero-order valence-corrected chi connectivity index (χ0v) is 17.1. The molecule has 0 saturated carbocycles. The smallest absolute Gasteiger partial charge is 0.507 e. The van der Waals surface area contributed by atoms with Crippen LogP contribution >= 0.6 is 11.3 Å². The largest absolute Gasteiger partial charge is 0.512 e. The Morgan fingerprint density at radius 2 is 1.76 bits per heavy atom. The average molecular weight is 411 g/mol. The van der Waals surface area contributed by atoms with Gasteiger partial charge < -0.3 is 19.8 Å². The van der Waals surface area contributed by atoms with Crippen LogP contribution in [0.3, 0.4) is 0 Å². The number of carbonyl (C=O) groups excluding carboxylic acids is 1. The molecule has 29 heavy (non-hydrogen) atoms. The minimum Gasteiger partial charge on any atom is -0.507 e. The fraction of sp³-hybridized carbons (Fsp3) is 0.182. The summed E-state index contributed by atoms with van der Waals surface area (Å²) in [5, 5.41) is 19.5. The van der Waals surface area contributed by atoms with Crippen molar-refractivity contribution in [1.82, 2.24) is 0 Å². The van der Waals surface area contributed by atoms with Crippen LogP contribution in [-0.4, -0.2) is 28.3 Å². The van der Waals surface area contributed by atoms with Crippen molar-refractivity contribution < 1.29 is 24.5 Å². The van der Waals surface area contributed by atoms with E-state index >= 15 is 0 Å². The van der Waals surface area contributed by atoms with Crippen molar-refractivity contribution >= 4 is 29.1 Å². The number of phenolic OH excluding ortho intramolecular Hbond substituents is 1. The van der Waals surface area contributed by atoms with Crippen LogP contribution in [0, 0.1) is 6.92 Å². The van der Waals surface area contributed by atoms with Crippen LogP contribution in [0.1, 0.15) is 29.8 Å². The summed E-state index contributed by atoms with van der Waals surface area (Å²) >= 11 is 1.15. The summed E-state index contributed by atoms with van der Waals surface area (Å²) < 4.78 is 4.99. The molecular weight excluding hydrogens is 390 g/mol. The predicted octanol–water partition coefficient (Wildman–Crippen LogP) is 5.54. The first kappa shape index (κ1) is 20.4. The van der Waals surface area contributed by atoms with Gasteiger partial charge in [0, 0.05) is 10.9 Å². The number of benzene rings is 2. The van der Waals surface area contributed by atoms with E-state index in [1.54, 1.807) is 18.2 Å². The Labute approximate surface area is 172 Å². The zero-order valence-electron chi connectivity index (χ0n) is 16.2. The third kappa shape index (κ3) is 4.41. The third-order valence-electron chi connectivity index (χ3n) is 4.30. The lowest BCUT2D eigenvalue weighted by Crippen LogP contribution is -2.37. The van der Waals surface area contributed by atoms with Crippen molar-refractivity contribution in [2.24, 2.45) is 0 Å². The second-order valence-corrected chi connectivity index (χ2v) is 7.82. The Balaban J connectivity index is 2.11. The van der Waals surface area contributed by atoms with E-state index < -0.39 is 12.1 Å². The molecule has 3 aromatic rings. The van der Waals surface area contributed by atoms with Crippen LogP contribution in [0.2, 0.25) is 0 Å². The third-order valence-corrected chi connectivity index (χ3v) is 5.35. The fourth-order valence-corrected chi connectivity index (χ4v) is 4.00. The lowest BCUT2D eigenvalue weighted by molar-refractivity contribution is 0.0975. The van der Waals surface area contributed by atoms with Crippen LogP contribution in [0.25, 0.3) is 10.4 Å². The summed E-state index contributed by atoms with van der Waals surface area (Å²) in [5.41, 5.74) is 2.19. The molecule has 150 valence electrons. The second-order valence-electron chi connectivity index (χ2n) is 6.81. The number of anilines is 1. The quantitative estimate of drug-likeness (QED) is 0.538. The van der Waals surface area contributed by atoms with E-state index in [-0.39, 0.29) is 22.4 Å². The van der Waals surface area contributed by atoms with Crippen LogP contribution in [0.15, 0.2) is 54.6 Å². The highest BCUT2D eigenvalue weighted by atomic mass is 32.1. The lowest BCUT2D eigenvalue weighted by Gasteiger charge is -2.27. The summed E-state index contributed by atoms with van der Waals surface area (Å²) in [5.74, 6) is -0.565. The van der Waals surface area contributed by atoms with Gasteiger partial charge >= 0.3 is 6.16 Å². The van der Waals surface area contributed by atoms with Crippen LogP contribution in [0.4, 0.5) is 10.5 Å². The molecule has 1 aromatic heterocycles. The number of aromatic hydroxyl groups is 1. The molecule has 0 bridgehead atoms. The number of rotatable bonds is 5. The molecule has 2 N–H and O–H groups in total. The van der Waals surface area contributed by atoms with E-state index in [9.17, 15) is 14.7 Å². The first-order chi connectivity index (χ1) is 13.8. The molecule has 0 unspecified atom stereocenters. The van der Waals surface area contributed by atoms with Crippen molar-refractivity contribution in [3.8, 4) is 21.3 Å². The number of hydrogen-bond acceptors (Lipinski definition) is 5. The van der Waals surface area contributed by atoms with Crippen molar-refractivity contribution in [3.63, 3.8) is 0 Å². The molecule has 0 spiro atoms. The van der Waals surface area contributed by atoms with E-state index in [0.717, 1.165) is 27.3 Å². The molecule has 1 amide bonds. The Kier molecular flexibility index (Phi) is 5.89. The number of ether oxygens (including phenoxy) is 1. The zero-order chi connectivity index (χ0) is 21.1. The summed E-state index contributed by atoms with van der Waals surface area (Å²) in [6.45, 7) is 5.44. The van der Waals surface area contributed by atoms with Crippen molar-refractivity contribution in [1.29, 1.82) is 0 Å². The van der Waals surface area contributed by atoms with Gasteiger partial charge in [0.1, 0.15) is 5.75 Å². The molecular formula is C22H21NO5S. The first-order valence-corrected chi connectivity index (χ1v) is 9.82. The minimum absolute atomic E-state index is 0.102. The summed E-state index contributed by atoms with van der Waals surface area (Å²) in [6.07, 6.45) is -1.46. The normalized spacial score (nSPS) is 10.8. The molecule has 0 saturated heterocycles. The molecule has 0 aliphatic rings. The SMILES string of the molecule is Cc1ccc(C(=O)N(c2cc(-c3ccccc3)sc2OC(=O)O)C(C)C)c(O)c1. The van der Waals surface area contributed by atoms with Crippen LogP contribution < -0.4 is 9.64 Å². The number of nitrogens with zero attached hydrogens (tertiary/aromatic N) is 1. The topological polar surface area (TPSA) is 87.1 Å². The fourth-order valence-electron chi connectivity index (χ4n) is 3.00. The van der Waals surface area contributed by atoms with Gasteiger partial charge in [0.2, 0.25) is 5.06 Å². The Morgan fingerprint density at radius 1 is 1.07 bits per heavy atom. The van der Waals surface area contributed by atoms with E-state index in [2.05, 4.69) is 0 Å². The lowest BCUT2D eigenvalue weighted by atomic mass is 10.1. The molecule has 0 atom stereocenters. The molecule has 0 fully saturated rings. The summed E-state index contributed by atoms with van der Waals surface area (Å²) in [6, 6.07) is 15.7. The van der Waals surface area contributed by atoms with Crippen molar-refractivity contribution in [3.05, 3.63) is 65.7 Å². The molecule has 7 heteroatoms. The van der Waals surface area contributed by atoms with E-state index in [1.165, 1.54) is 11.0 Å². The Hall–Kier alpha value is -3.32. The maximum atomic E-state index is 13.3. The molecule has 1 heterocycles. The summed E-state index contributed by atoms with van der Waals surface area (Å²) in [4.78, 5) is 26.7. The van der Waals surface area contributed by atoms with Gasteiger partial charge in [0.05, 0.1) is 11.3 Å². The first-order valence-electron chi connectivity index (χ1n) is 9.01. The highest BCUT2D eigenvalue weighted by Crippen LogP contribution is 2.44. The number of amides is 1. The van der Waals surface area contributed by atoms with Gasteiger partial charge in [-0.25, -0.2) is 4.79 Å². The minimum atomic E-state index is -1.46. The van der Waals surface area contributed by atoms with Gasteiger partial charge in [0.25, 0.3) is 5.91 Å². The van der Waals surface area contributed by atoms with Gasteiger partial charge in [-0.3, -0.25) is 4.79 Å². The number of aryl methyl sites for hydroxylation is 1. The summed E-state index contributed by atoms with van der Waals surface area (Å²) in [7, 11) is 0. The van der Waals surface area contributed by atoms with Crippen molar-refractivity contribution in [2.45, 2.75) is 26.8 Å². The predicted molar refractivity (Wildman–Crippen MR) is 113 cm³/mol. The van der Waals surface area contributed by atoms with E-state index in [4.69, 9.17) is 9.84 Å². The number of phenols is 1. The van der Waals surface area contributed by atoms with Gasteiger partial charge in [0.15, 0.2) is 0 Å². The average Bonchev–Trinajstić information content (AvgIpc) is 3.05. The number of carboxylic acid groups (broad SMARTS) is 1. The Bertz CT molecular complexity index is 1040. The maximum absolute atomic E-state index is 13.3. The Morgan fingerprint density at radius 3 is 2.34 bits per heavy atom. The number of carbonyl (C=O) groups is 2. The van der Waals surface area contributed by atoms with Gasteiger partial charge in [-0.1, -0.05) is 47.7 Å². The highest BCUT2D eigenvalue weighted by Gasteiger charge is 2.29. The molecule has 0 aliphatic carbocycles. The number of hydrogen-bond donors (Lipinski definition) is 2. The van der Waals surface area contributed by atoms with E-state index in [1.807, 2.05) is 51.1 Å². The van der Waals surface area contributed by atoms with Crippen LogP contribution in [-0.2, 0) is 0 Å². The monoisotopic (exact) mass is 411 g/mol. The maximum Gasteiger partial charge on any atom is 0.512 e. The molecule has 6 nitrogen and oxygen atoms in total. The molecule has 2 aromatic carbocycles. The molecule has 0 radical (unpaired) electrons. The highest BCUT2D eigenvalue weighted by molar-refractivity contribution is 7.18. The van der Waals surface area contributed by atoms with Gasteiger partial charge in [-0.15, -0.1) is 0 Å².